The minimum Gasteiger partial charge on any atom is -0.493 e. The Balaban J connectivity index is 1.75. The van der Waals surface area contributed by atoms with Crippen LogP contribution >= 0.6 is 0 Å². The van der Waals surface area contributed by atoms with Crippen molar-refractivity contribution in [1.82, 2.24) is 15.1 Å². The fourth-order valence-electron chi connectivity index (χ4n) is 3.56. The first-order chi connectivity index (χ1) is 13.3. The van der Waals surface area contributed by atoms with E-state index in [0.29, 0.717) is 18.1 Å². The summed E-state index contributed by atoms with van der Waals surface area (Å²) in [6.45, 7) is 9.43. The van der Waals surface area contributed by atoms with Crippen molar-refractivity contribution >= 4 is 11.9 Å². The van der Waals surface area contributed by atoms with Gasteiger partial charge in [0, 0.05) is 24.2 Å². The minimum atomic E-state index is -1.09. The SMILES string of the molecule is Cc1nn(CC(C)C)c(C)c1CC(=O)NC(C(=O)O)c1ccc2c(c1)CCO2. The molecule has 1 unspecified atom stereocenters. The van der Waals surface area contributed by atoms with Gasteiger partial charge >= 0.3 is 5.97 Å². The predicted molar refractivity (Wildman–Crippen MR) is 104 cm³/mol. The van der Waals surface area contributed by atoms with Crippen molar-refractivity contribution < 1.29 is 19.4 Å². The number of aliphatic carboxylic acids is 1. The molecule has 2 aromatic rings. The number of rotatable bonds is 7. The highest BCUT2D eigenvalue weighted by molar-refractivity contribution is 5.86. The third-order valence-electron chi connectivity index (χ3n) is 5.01. The molecule has 0 spiro atoms. The summed E-state index contributed by atoms with van der Waals surface area (Å²) in [5, 5.41) is 16.8. The van der Waals surface area contributed by atoms with E-state index in [0.717, 1.165) is 41.2 Å². The van der Waals surface area contributed by atoms with Crippen molar-refractivity contribution in [3.05, 3.63) is 46.3 Å². The second-order valence-corrected chi connectivity index (χ2v) is 7.71. The zero-order chi connectivity index (χ0) is 20.4. The van der Waals surface area contributed by atoms with E-state index in [4.69, 9.17) is 4.74 Å². The zero-order valence-corrected chi connectivity index (χ0v) is 16.8. The van der Waals surface area contributed by atoms with Crippen LogP contribution in [-0.4, -0.2) is 33.4 Å². The van der Waals surface area contributed by atoms with E-state index in [1.165, 1.54) is 0 Å². The Morgan fingerprint density at radius 1 is 1.32 bits per heavy atom. The number of carbonyl (C=O) groups is 2. The summed E-state index contributed by atoms with van der Waals surface area (Å²) in [4.78, 5) is 24.4. The summed E-state index contributed by atoms with van der Waals surface area (Å²) < 4.78 is 7.38. The summed E-state index contributed by atoms with van der Waals surface area (Å²) >= 11 is 0. The number of fused-ring (bicyclic) bond motifs is 1. The van der Waals surface area contributed by atoms with Crippen molar-refractivity contribution in [3.63, 3.8) is 0 Å². The van der Waals surface area contributed by atoms with Crippen LogP contribution in [0.4, 0.5) is 0 Å². The molecule has 3 rings (SSSR count). The average Bonchev–Trinajstić information content (AvgIpc) is 3.18. The molecule has 0 aliphatic carbocycles. The van der Waals surface area contributed by atoms with Crippen molar-refractivity contribution in [1.29, 1.82) is 0 Å². The number of benzene rings is 1. The summed E-state index contributed by atoms with van der Waals surface area (Å²) in [5.41, 5.74) is 4.12. The van der Waals surface area contributed by atoms with E-state index in [1.54, 1.807) is 18.2 Å². The first-order valence-electron chi connectivity index (χ1n) is 9.57. The Morgan fingerprint density at radius 2 is 2.07 bits per heavy atom. The van der Waals surface area contributed by atoms with Crippen molar-refractivity contribution in [2.45, 2.75) is 53.1 Å². The van der Waals surface area contributed by atoms with Gasteiger partial charge in [-0.1, -0.05) is 19.9 Å². The number of amides is 1. The van der Waals surface area contributed by atoms with Gasteiger partial charge in [-0.15, -0.1) is 0 Å². The number of carbonyl (C=O) groups excluding carboxylic acids is 1. The van der Waals surface area contributed by atoms with E-state index >= 15 is 0 Å². The molecule has 2 heterocycles. The van der Waals surface area contributed by atoms with Gasteiger partial charge < -0.3 is 15.2 Å². The molecule has 150 valence electrons. The van der Waals surface area contributed by atoms with Crippen LogP contribution in [0.25, 0.3) is 0 Å². The van der Waals surface area contributed by atoms with Gasteiger partial charge in [0.05, 0.1) is 18.7 Å². The van der Waals surface area contributed by atoms with Crippen LogP contribution in [0.15, 0.2) is 18.2 Å². The molecule has 1 atom stereocenters. The van der Waals surface area contributed by atoms with Crippen LogP contribution in [-0.2, 0) is 29.0 Å². The van der Waals surface area contributed by atoms with Crippen LogP contribution < -0.4 is 10.1 Å². The molecule has 0 saturated heterocycles. The summed E-state index contributed by atoms with van der Waals surface area (Å²) in [6.07, 6.45) is 0.852. The molecule has 0 bridgehead atoms. The zero-order valence-electron chi connectivity index (χ0n) is 16.8. The lowest BCUT2D eigenvalue weighted by Gasteiger charge is -2.16. The van der Waals surface area contributed by atoms with Gasteiger partial charge in [-0.3, -0.25) is 9.48 Å². The van der Waals surface area contributed by atoms with Crippen molar-refractivity contribution in [3.8, 4) is 5.75 Å². The number of nitrogens with zero attached hydrogens (tertiary/aromatic N) is 2. The van der Waals surface area contributed by atoms with E-state index in [2.05, 4.69) is 24.3 Å². The van der Waals surface area contributed by atoms with Crippen LogP contribution in [0, 0.1) is 19.8 Å². The normalized spacial score (nSPS) is 13.9. The highest BCUT2D eigenvalue weighted by Crippen LogP contribution is 2.28. The fourth-order valence-corrected chi connectivity index (χ4v) is 3.56. The van der Waals surface area contributed by atoms with Gasteiger partial charge in [-0.05, 0) is 43.0 Å². The van der Waals surface area contributed by atoms with Gasteiger partial charge in [0.15, 0.2) is 6.04 Å². The number of aryl methyl sites for hydroxylation is 1. The van der Waals surface area contributed by atoms with Crippen molar-refractivity contribution in [2.75, 3.05) is 6.61 Å². The van der Waals surface area contributed by atoms with E-state index in [-0.39, 0.29) is 12.3 Å². The average molecular weight is 385 g/mol. The molecule has 1 amide bonds. The number of ether oxygens (including phenoxy) is 1. The molecule has 1 aromatic heterocycles. The van der Waals surface area contributed by atoms with Crippen LogP contribution in [0.1, 0.15) is 48.0 Å². The van der Waals surface area contributed by atoms with Crippen molar-refractivity contribution in [2.24, 2.45) is 5.92 Å². The lowest BCUT2D eigenvalue weighted by molar-refractivity contribution is -0.141. The first kappa shape index (κ1) is 19.9. The first-order valence-corrected chi connectivity index (χ1v) is 9.57. The predicted octanol–water partition coefficient (Wildman–Crippen LogP) is 2.58. The molecule has 1 aliphatic heterocycles. The molecular weight excluding hydrogens is 358 g/mol. The molecule has 0 radical (unpaired) electrons. The Hall–Kier alpha value is -2.83. The Kier molecular flexibility index (Phi) is 5.72. The maximum Gasteiger partial charge on any atom is 0.330 e. The third-order valence-corrected chi connectivity index (χ3v) is 5.01. The maximum atomic E-state index is 12.6. The summed E-state index contributed by atoms with van der Waals surface area (Å²) in [6, 6.07) is 4.17. The van der Waals surface area contributed by atoms with E-state index in [9.17, 15) is 14.7 Å². The minimum absolute atomic E-state index is 0.105. The van der Waals surface area contributed by atoms with Gasteiger partial charge in [0.25, 0.3) is 0 Å². The molecule has 28 heavy (non-hydrogen) atoms. The molecule has 0 fully saturated rings. The molecule has 0 saturated carbocycles. The molecular formula is C21H27N3O4. The van der Waals surface area contributed by atoms with Gasteiger partial charge in [-0.2, -0.15) is 5.10 Å². The quantitative estimate of drug-likeness (QED) is 0.764. The second kappa shape index (κ2) is 8.04. The Bertz CT molecular complexity index is 901. The highest BCUT2D eigenvalue weighted by atomic mass is 16.5. The van der Waals surface area contributed by atoms with E-state index in [1.807, 2.05) is 18.5 Å². The lowest BCUT2D eigenvalue weighted by atomic mass is 10.0. The fraction of sp³-hybridized carbons (Fsp3) is 0.476. The number of hydrogen-bond acceptors (Lipinski definition) is 4. The van der Waals surface area contributed by atoms with E-state index < -0.39 is 12.0 Å². The smallest absolute Gasteiger partial charge is 0.330 e. The molecule has 1 aliphatic rings. The largest absolute Gasteiger partial charge is 0.493 e. The number of hydrogen-bond donors (Lipinski definition) is 2. The Morgan fingerprint density at radius 3 is 2.75 bits per heavy atom. The number of carboxylic acid groups (broad SMARTS) is 1. The van der Waals surface area contributed by atoms with Gasteiger partial charge in [-0.25, -0.2) is 4.79 Å². The van der Waals surface area contributed by atoms with Crippen LogP contribution in [0.2, 0.25) is 0 Å². The highest BCUT2D eigenvalue weighted by Gasteiger charge is 2.25. The molecule has 1 aromatic carbocycles. The molecule has 2 N–H and O–H groups in total. The number of nitrogens with one attached hydrogen (secondary N) is 1. The van der Waals surface area contributed by atoms with Gasteiger partial charge in [0.1, 0.15) is 5.75 Å². The van der Waals surface area contributed by atoms with Gasteiger partial charge in [0.2, 0.25) is 5.91 Å². The lowest BCUT2D eigenvalue weighted by Crippen LogP contribution is -2.35. The Labute approximate surface area is 164 Å². The second-order valence-electron chi connectivity index (χ2n) is 7.71. The topological polar surface area (TPSA) is 93.5 Å². The van der Waals surface area contributed by atoms with Crippen LogP contribution in [0.5, 0.6) is 5.75 Å². The monoisotopic (exact) mass is 385 g/mol. The molecule has 7 nitrogen and oxygen atoms in total. The van der Waals surface area contributed by atoms with Crippen LogP contribution in [0.3, 0.4) is 0 Å². The summed E-state index contributed by atoms with van der Waals surface area (Å²) in [7, 11) is 0. The third kappa shape index (κ3) is 4.18. The number of carboxylic acids is 1. The standard InChI is InChI=1S/C21H27N3O4/c1-12(2)11-24-14(4)17(13(3)23-24)10-19(25)22-20(21(26)27)16-5-6-18-15(9-16)7-8-28-18/h5-6,9,12,20H,7-8,10-11H2,1-4H3,(H,22,25)(H,26,27). The number of aromatic nitrogens is 2. The molecule has 7 heteroatoms. The summed E-state index contributed by atoms with van der Waals surface area (Å²) in [5.74, 6) is -0.196. The maximum absolute atomic E-state index is 12.6.